The highest BCUT2D eigenvalue weighted by atomic mass is 35.5. The smallest absolute Gasteiger partial charge is 0.339 e. The first-order valence-corrected chi connectivity index (χ1v) is 8.57. The molecule has 0 aliphatic rings. The van der Waals surface area contributed by atoms with Crippen molar-refractivity contribution in [3.05, 3.63) is 82.4 Å². The third-order valence-corrected chi connectivity index (χ3v) is 3.94. The molecule has 1 N–H and O–H groups in total. The molecule has 136 valence electrons. The molecule has 2 aromatic carbocycles. The van der Waals surface area contributed by atoms with Gasteiger partial charge in [-0.1, -0.05) is 60.2 Å². The minimum atomic E-state index is -1.11. The topological polar surface area (TPSA) is 55.8 Å². The Balaban J connectivity index is 2.23. The summed E-state index contributed by atoms with van der Waals surface area (Å²) >= 11 is 6.18. The van der Waals surface area contributed by atoms with Gasteiger partial charge in [0.1, 0.15) is 30.3 Å². The summed E-state index contributed by atoms with van der Waals surface area (Å²) in [6.07, 6.45) is 5.79. The fraction of sp³-hybridized carbons (Fsp3) is 0.190. The summed E-state index contributed by atoms with van der Waals surface area (Å²) in [6, 6.07) is 12.4. The summed E-state index contributed by atoms with van der Waals surface area (Å²) in [5.41, 5.74) is 1.92. The first-order valence-electron chi connectivity index (χ1n) is 8.19. The molecule has 26 heavy (non-hydrogen) atoms. The highest BCUT2D eigenvalue weighted by Crippen LogP contribution is 2.33. The Morgan fingerprint density at radius 2 is 1.85 bits per heavy atom. The minimum absolute atomic E-state index is 0.00186. The van der Waals surface area contributed by atoms with Gasteiger partial charge in [0.2, 0.25) is 0 Å². The van der Waals surface area contributed by atoms with Gasteiger partial charge in [-0.3, -0.25) is 0 Å². The summed E-state index contributed by atoms with van der Waals surface area (Å²) in [5, 5.41) is 9.63. The molecule has 0 radical (unpaired) electrons. The fourth-order valence-electron chi connectivity index (χ4n) is 2.27. The van der Waals surface area contributed by atoms with E-state index in [2.05, 4.69) is 0 Å². The van der Waals surface area contributed by atoms with Crippen LogP contribution in [0.3, 0.4) is 0 Å². The van der Waals surface area contributed by atoms with Crippen LogP contribution in [-0.2, 0) is 6.61 Å². The molecular weight excluding hydrogens is 352 g/mol. The van der Waals surface area contributed by atoms with E-state index in [1.165, 1.54) is 12.1 Å². The van der Waals surface area contributed by atoms with Crippen molar-refractivity contribution in [1.82, 2.24) is 0 Å². The molecule has 0 amide bonds. The van der Waals surface area contributed by atoms with Crippen molar-refractivity contribution in [3.8, 4) is 11.5 Å². The Morgan fingerprint density at radius 3 is 2.46 bits per heavy atom. The molecule has 0 aromatic heterocycles. The van der Waals surface area contributed by atoms with Gasteiger partial charge in [-0.15, -0.1) is 0 Å². The number of halogens is 1. The Labute approximate surface area is 158 Å². The molecule has 0 atom stereocenters. The van der Waals surface area contributed by atoms with Crippen LogP contribution in [0.1, 0.15) is 29.8 Å². The lowest BCUT2D eigenvalue weighted by molar-refractivity contribution is 0.0691. The van der Waals surface area contributed by atoms with Crippen molar-refractivity contribution in [2.45, 2.75) is 20.5 Å². The van der Waals surface area contributed by atoms with E-state index < -0.39 is 5.97 Å². The first kappa shape index (κ1) is 19.6. The molecule has 0 aliphatic carbocycles. The molecule has 0 bridgehead atoms. The molecule has 0 heterocycles. The maximum absolute atomic E-state index is 11.5. The van der Waals surface area contributed by atoms with Crippen LogP contribution in [0.2, 0.25) is 5.02 Å². The lowest BCUT2D eigenvalue weighted by Gasteiger charge is -2.14. The maximum Gasteiger partial charge on any atom is 0.339 e. The molecule has 0 saturated carbocycles. The number of benzene rings is 2. The molecule has 2 rings (SSSR count). The second-order valence-electron chi connectivity index (χ2n) is 5.51. The van der Waals surface area contributed by atoms with Crippen LogP contribution in [-0.4, -0.2) is 17.7 Å². The highest BCUT2D eigenvalue weighted by molar-refractivity contribution is 6.32. The largest absolute Gasteiger partial charge is 0.488 e. The predicted molar refractivity (Wildman–Crippen MR) is 103 cm³/mol. The Morgan fingerprint density at radius 1 is 1.12 bits per heavy atom. The molecule has 0 fully saturated rings. The number of aromatic carboxylic acids is 1. The van der Waals surface area contributed by atoms with Gasteiger partial charge in [0.15, 0.2) is 0 Å². The van der Waals surface area contributed by atoms with Crippen LogP contribution >= 0.6 is 11.6 Å². The number of hydrogen-bond acceptors (Lipinski definition) is 3. The standard InChI is InChI=1S/C21H21ClO4/c1-3-8-15(4-2)13-26-20-12-19(17(21(23)24)11-18(20)22)25-14-16-9-6-5-7-10-16/h3-12H,13-14H2,1-2H3,(H,23,24). The van der Waals surface area contributed by atoms with E-state index in [0.717, 1.165) is 11.1 Å². The second-order valence-corrected chi connectivity index (χ2v) is 5.92. The molecule has 0 spiro atoms. The van der Waals surface area contributed by atoms with E-state index in [0.29, 0.717) is 12.4 Å². The third-order valence-electron chi connectivity index (χ3n) is 3.65. The molecule has 5 heteroatoms. The highest BCUT2D eigenvalue weighted by Gasteiger charge is 2.17. The van der Waals surface area contributed by atoms with Crippen molar-refractivity contribution in [1.29, 1.82) is 0 Å². The van der Waals surface area contributed by atoms with Gasteiger partial charge < -0.3 is 14.6 Å². The average molecular weight is 373 g/mol. The number of allylic oxidation sites excluding steroid dienone is 2. The average Bonchev–Trinajstić information content (AvgIpc) is 2.65. The Hall–Kier alpha value is -2.72. The van der Waals surface area contributed by atoms with Crippen LogP contribution in [0, 0.1) is 0 Å². The van der Waals surface area contributed by atoms with E-state index in [4.69, 9.17) is 21.1 Å². The Kier molecular flexibility index (Phi) is 7.30. The lowest BCUT2D eigenvalue weighted by atomic mass is 10.2. The number of ether oxygens (including phenoxy) is 2. The summed E-state index contributed by atoms with van der Waals surface area (Å²) in [7, 11) is 0. The molecule has 2 aromatic rings. The summed E-state index contributed by atoms with van der Waals surface area (Å²) in [6.45, 7) is 4.42. The summed E-state index contributed by atoms with van der Waals surface area (Å²) in [4.78, 5) is 11.5. The molecule has 0 saturated heterocycles. The number of carboxylic acid groups (broad SMARTS) is 1. The van der Waals surface area contributed by atoms with Gasteiger partial charge in [-0.05, 0) is 31.1 Å². The zero-order valence-electron chi connectivity index (χ0n) is 14.7. The first-order chi connectivity index (χ1) is 12.5. The van der Waals surface area contributed by atoms with Crippen molar-refractivity contribution < 1.29 is 19.4 Å². The Bertz CT molecular complexity index is 810. The molecule has 0 unspecified atom stereocenters. The maximum atomic E-state index is 11.5. The zero-order valence-corrected chi connectivity index (χ0v) is 15.5. The van der Waals surface area contributed by atoms with Crippen molar-refractivity contribution in [2.24, 2.45) is 0 Å². The molecule has 0 aliphatic heterocycles. The van der Waals surface area contributed by atoms with Crippen molar-refractivity contribution >= 4 is 17.6 Å². The van der Waals surface area contributed by atoms with E-state index in [1.807, 2.05) is 62.4 Å². The van der Waals surface area contributed by atoms with Gasteiger partial charge in [0.05, 0.1) is 5.02 Å². The number of carbonyl (C=O) groups is 1. The molecule has 4 nitrogen and oxygen atoms in total. The quantitative estimate of drug-likeness (QED) is 0.620. The lowest BCUT2D eigenvalue weighted by Crippen LogP contribution is -2.06. The van der Waals surface area contributed by atoms with Gasteiger partial charge >= 0.3 is 5.97 Å². The zero-order chi connectivity index (χ0) is 18.9. The number of rotatable bonds is 8. The predicted octanol–water partition coefficient (Wildman–Crippen LogP) is 5.52. The van der Waals surface area contributed by atoms with Gasteiger partial charge in [-0.2, -0.15) is 0 Å². The van der Waals surface area contributed by atoms with E-state index >= 15 is 0 Å². The minimum Gasteiger partial charge on any atom is -0.488 e. The van der Waals surface area contributed by atoms with Crippen molar-refractivity contribution in [2.75, 3.05) is 6.61 Å². The van der Waals surface area contributed by atoms with E-state index in [1.54, 1.807) is 0 Å². The van der Waals surface area contributed by atoms with Crippen LogP contribution < -0.4 is 9.47 Å². The van der Waals surface area contributed by atoms with Crippen LogP contribution in [0.5, 0.6) is 11.5 Å². The van der Waals surface area contributed by atoms with Gasteiger partial charge in [-0.25, -0.2) is 4.79 Å². The van der Waals surface area contributed by atoms with Gasteiger partial charge in [0, 0.05) is 6.07 Å². The molecular formula is C21H21ClO4. The third kappa shape index (κ3) is 5.39. The van der Waals surface area contributed by atoms with Crippen LogP contribution in [0.25, 0.3) is 0 Å². The SMILES string of the molecule is CC=CC(=CC)COc1cc(OCc2ccccc2)c(C(=O)O)cc1Cl. The fourth-order valence-corrected chi connectivity index (χ4v) is 2.49. The normalized spacial score (nSPS) is 11.6. The van der Waals surface area contributed by atoms with E-state index in [9.17, 15) is 9.90 Å². The monoisotopic (exact) mass is 372 g/mol. The summed E-state index contributed by atoms with van der Waals surface area (Å²) in [5.74, 6) is -0.512. The van der Waals surface area contributed by atoms with Gasteiger partial charge in [0.25, 0.3) is 0 Å². The number of carboxylic acids is 1. The van der Waals surface area contributed by atoms with Crippen LogP contribution in [0.4, 0.5) is 0 Å². The summed E-state index contributed by atoms with van der Waals surface area (Å²) < 4.78 is 11.5. The second kappa shape index (κ2) is 9.68. The van der Waals surface area contributed by atoms with Crippen LogP contribution in [0.15, 0.2) is 66.3 Å². The number of hydrogen-bond donors (Lipinski definition) is 1. The van der Waals surface area contributed by atoms with E-state index in [-0.39, 0.29) is 22.9 Å². The van der Waals surface area contributed by atoms with Crippen molar-refractivity contribution in [3.63, 3.8) is 0 Å².